The molecule has 0 aliphatic carbocycles. The van der Waals surface area contributed by atoms with E-state index in [0.29, 0.717) is 25.4 Å². The van der Waals surface area contributed by atoms with Crippen LogP contribution in [0.25, 0.3) is 5.57 Å². The van der Waals surface area contributed by atoms with Gasteiger partial charge in [0.1, 0.15) is 18.2 Å². The van der Waals surface area contributed by atoms with Crippen LogP contribution in [0.1, 0.15) is 49.9 Å². The van der Waals surface area contributed by atoms with Crippen molar-refractivity contribution in [3.05, 3.63) is 64.7 Å². The van der Waals surface area contributed by atoms with E-state index in [1.165, 1.54) is 17.7 Å². The molecule has 0 radical (unpaired) electrons. The second-order valence-corrected chi connectivity index (χ2v) is 7.81. The molecule has 0 saturated carbocycles. The van der Waals surface area contributed by atoms with Crippen molar-refractivity contribution in [1.29, 1.82) is 0 Å². The molecule has 3 heterocycles. The van der Waals surface area contributed by atoms with Gasteiger partial charge in [-0.3, -0.25) is 14.7 Å². The van der Waals surface area contributed by atoms with Crippen LogP contribution < -0.4 is 4.74 Å². The Morgan fingerprint density at radius 1 is 1.30 bits per heavy atom. The Hall–Kier alpha value is -2.73. The highest BCUT2D eigenvalue weighted by molar-refractivity contribution is 5.85. The van der Waals surface area contributed by atoms with Gasteiger partial charge in [-0.25, -0.2) is 4.39 Å². The highest BCUT2D eigenvalue weighted by atomic mass is 19.1. The van der Waals surface area contributed by atoms with E-state index in [1.54, 1.807) is 12.3 Å². The lowest BCUT2D eigenvalue weighted by Crippen LogP contribution is -2.39. The number of carbonyl (C=O) groups excluding carboxylic acids is 1. The van der Waals surface area contributed by atoms with Crippen molar-refractivity contribution in [1.82, 2.24) is 9.88 Å². The third-order valence-corrected chi connectivity index (χ3v) is 5.87. The number of pyridine rings is 1. The van der Waals surface area contributed by atoms with E-state index in [0.717, 1.165) is 48.3 Å². The van der Waals surface area contributed by atoms with E-state index < -0.39 is 0 Å². The number of hydrogen-bond donors (Lipinski definition) is 0. The first-order valence-electron chi connectivity index (χ1n) is 10.6. The Morgan fingerprint density at radius 2 is 2.10 bits per heavy atom. The Bertz CT molecular complexity index is 963. The first-order chi connectivity index (χ1) is 14.6. The zero-order valence-electron chi connectivity index (χ0n) is 17.5. The summed E-state index contributed by atoms with van der Waals surface area (Å²) in [6.45, 7) is 6.41. The fourth-order valence-electron chi connectivity index (χ4n) is 4.32. The van der Waals surface area contributed by atoms with Gasteiger partial charge in [0.05, 0.1) is 18.7 Å². The molecule has 0 spiro atoms. The number of rotatable bonds is 4. The number of aromatic nitrogens is 1. The van der Waals surface area contributed by atoms with Gasteiger partial charge in [0.2, 0.25) is 0 Å². The third kappa shape index (κ3) is 4.24. The maximum absolute atomic E-state index is 13.9. The number of esters is 1. The maximum Gasteiger partial charge on any atom is 0.307 e. The molecule has 1 fully saturated rings. The van der Waals surface area contributed by atoms with Crippen LogP contribution in [-0.2, 0) is 16.1 Å². The van der Waals surface area contributed by atoms with Gasteiger partial charge in [0, 0.05) is 48.1 Å². The zero-order valence-corrected chi connectivity index (χ0v) is 17.5. The molecular formula is C24H27FN2O3. The Kier molecular flexibility index (Phi) is 6.13. The van der Waals surface area contributed by atoms with Crippen LogP contribution in [-0.4, -0.2) is 41.6 Å². The highest BCUT2D eigenvalue weighted by Crippen LogP contribution is 2.40. The van der Waals surface area contributed by atoms with Gasteiger partial charge < -0.3 is 9.47 Å². The number of benzene rings is 1. The smallest absolute Gasteiger partial charge is 0.307 e. The van der Waals surface area contributed by atoms with Gasteiger partial charge in [0.15, 0.2) is 0 Å². The van der Waals surface area contributed by atoms with Crippen molar-refractivity contribution >= 4 is 11.5 Å². The number of likely N-dealkylation sites (tertiary alicyclic amines) is 1. The molecule has 2 aliphatic rings. The Labute approximate surface area is 176 Å². The SMILES string of the molecule is CCOC(=O)CC(C)N1CCC(=C2c3ccc(F)cc3OCc3cccnc32)CC1. The Morgan fingerprint density at radius 3 is 2.87 bits per heavy atom. The quantitative estimate of drug-likeness (QED) is 0.702. The minimum absolute atomic E-state index is 0.139. The number of carbonyl (C=O) groups is 1. The Balaban J connectivity index is 1.63. The predicted octanol–water partition coefficient (Wildman–Crippen LogP) is 4.35. The van der Waals surface area contributed by atoms with Crippen molar-refractivity contribution in [2.75, 3.05) is 19.7 Å². The lowest BCUT2D eigenvalue weighted by Gasteiger charge is -2.34. The minimum atomic E-state index is -0.306. The minimum Gasteiger partial charge on any atom is -0.488 e. The monoisotopic (exact) mass is 410 g/mol. The third-order valence-electron chi connectivity index (χ3n) is 5.87. The van der Waals surface area contributed by atoms with Crippen molar-refractivity contribution in [3.63, 3.8) is 0 Å². The predicted molar refractivity (Wildman–Crippen MR) is 113 cm³/mol. The standard InChI is InChI=1S/C24H27FN2O3/c1-3-29-22(28)13-16(2)27-11-8-17(9-12-27)23-20-7-6-19(25)14-21(20)30-15-18-5-4-10-26-24(18)23/h4-7,10,14,16H,3,8-9,11-13,15H2,1-2H3. The van der Waals surface area contributed by atoms with Crippen LogP contribution in [0.2, 0.25) is 0 Å². The molecule has 6 heteroatoms. The van der Waals surface area contributed by atoms with Crippen LogP contribution >= 0.6 is 0 Å². The van der Waals surface area contributed by atoms with E-state index in [-0.39, 0.29) is 17.8 Å². The number of halogens is 1. The molecule has 1 aromatic carbocycles. The van der Waals surface area contributed by atoms with Gasteiger partial charge in [-0.1, -0.05) is 11.6 Å². The van der Waals surface area contributed by atoms with E-state index in [9.17, 15) is 9.18 Å². The van der Waals surface area contributed by atoms with Gasteiger partial charge in [0.25, 0.3) is 0 Å². The molecule has 2 aliphatic heterocycles. The summed E-state index contributed by atoms with van der Waals surface area (Å²) in [7, 11) is 0. The average Bonchev–Trinajstić information content (AvgIpc) is 2.90. The van der Waals surface area contributed by atoms with E-state index in [4.69, 9.17) is 9.47 Å². The maximum atomic E-state index is 13.9. The first-order valence-corrected chi connectivity index (χ1v) is 10.6. The summed E-state index contributed by atoms with van der Waals surface area (Å²) in [4.78, 5) is 18.8. The van der Waals surface area contributed by atoms with Crippen LogP contribution in [0.5, 0.6) is 5.75 Å². The molecule has 4 rings (SSSR count). The van der Waals surface area contributed by atoms with Crippen molar-refractivity contribution in [3.8, 4) is 5.75 Å². The summed E-state index contributed by atoms with van der Waals surface area (Å²) in [5, 5.41) is 0. The van der Waals surface area contributed by atoms with Crippen molar-refractivity contribution in [2.24, 2.45) is 0 Å². The molecular weight excluding hydrogens is 383 g/mol. The molecule has 0 bridgehead atoms. The summed E-state index contributed by atoms with van der Waals surface area (Å²) in [5.74, 6) is 0.109. The lowest BCUT2D eigenvalue weighted by molar-refractivity contribution is -0.144. The molecule has 1 aromatic heterocycles. The summed E-state index contributed by atoms with van der Waals surface area (Å²) in [5.41, 5.74) is 5.20. The van der Waals surface area contributed by atoms with E-state index in [1.807, 2.05) is 19.1 Å². The van der Waals surface area contributed by atoms with E-state index >= 15 is 0 Å². The van der Waals surface area contributed by atoms with Crippen LogP contribution in [0.15, 0.2) is 42.1 Å². The summed E-state index contributed by atoms with van der Waals surface area (Å²) < 4.78 is 24.9. The fraction of sp³-hybridized carbons (Fsp3) is 0.417. The summed E-state index contributed by atoms with van der Waals surface area (Å²) >= 11 is 0. The van der Waals surface area contributed by atoms with Gasteiger partial charge in [-0.05, 0) is 44.9 Å². The van der Waals surface area contributed by atoms with Crippen molar-refractivity contribution < 1.29 is 18.7 Å². The number of fused-ring (bicyclic) bond motifs is 2. The zero-order chi connectivity index (χ0) is 21.1. The topological polar surface area (TPSA) is 51.7 Å². The van der Waals surface area contributed by atoms with E-state index in [2.05, 4.69) is 16.8 Å². The number of nitrogens with zero attached hydrogens (tertiary/aromatic N) is 2. The second kappa shape index (κ2) is 8.96. The largest absolute Gasteiger partial charge is 0.488 e. The van der Waals surface area contributed by atoms with Crippen molar-refractivity contribution in [2.45, 2.75) is 45.8 Å². The molecule has 158 valence electrons. The van der Waals surface area contributed by atoms with Gasteiger partial charge in [-0.2, -0.15) is 0 Å². The normalized spacial score (nSPS) is 17.4. The summed E-state index contributed by atoms with van der Waals surface area (Å²) in [6.07, 6.45) is 3.94. The fourth-order valence-corrected chi connectivity index (χ4v) is 4.32. The van der Waals surface area contributed by atoms with Crippen LogP contribution in [0, 0.1) is 5.82 Å². The van der Waals surface area contributed by atoms with Crippen LogP contribution in [0.4, 0.5) is 4.39 Å². The molecule has 1 saturated heterocycles. The molecule has 1 unspecified atom stereocenters. The average molecular weight is 410 g/mol. The van der Waals surface area contributed by atoms with Gasteiger partial charge >= 0.3 is 5.97 Å². The number of hydrogen-bond acceptors (Lipinski definition) is 5. The molecule has 0 amide bonds. The molecule has 5 nitrogen and oxygen atoms in total. The molecule has 2 aromatic rings. The number of ether oxygens (including phenoxy) is 2. The lowest BCUT2D eigenvalue weighted by atomic mass is 9.88. The molecule has 0 N–H and O–H groups in total. The number of piperidine rings is 1. The highest BCUT2D eigenvalue weighted by Gasteiger charge is 2.27. The summed E-state index contributed by atoms with van der Waals surface area (Å²) in [6, 6.07) is 8.79. The van der Waals surface area contributed by atoms with Crippen LogP contribution in [0.3, 0.4) is 0 Å². The van der Waals surface area contributed by atoms with Gasteiger partial charge in [-0.15, -0.1) is 0 Å². The first kappa shape index (κ1) is 20.5. The second-order valence-electron chi connectivity index (χ2n) is 7.81. The molecule has 1 atom stereocenters. The molecule has 30 heavy (non-hydrogen) atoms.